The molecule has 0 radical (unpaired) electrons. The van der Waals surface area contributed by atoms with Gasteiger partial charge >= 0.3 is 6.03 Å². The van der Waals surface area contributed by atoms with Crippen LogP contribution >= 0.6 is 11.8 Å². The number of fused-ring (bicyclic) bond motifs is 1. The van der Waals surface area contributed by atoms with Gasteiger partial charge in [0.2, 0.25) is 5.91 Å². The lowest BCUT2D eigenvalue weighted by molar-refractivity contribution is -0.128. The van der Waals surface area contributed by atoms with E-state index in [0.717, 1.165) is 32.8 Å². The summed E-state index contributed by atoms with van der Waals surface area (Å²) in [6.45, 7) is 4.38. The minimum Gasteiger partial charge on any atom is -0.497 e. The first-order valence-corrected chi connectivity index (χ1v) is 14.0. The molecule has 1 heterocycles. The Kier molecular flexibility index (Phi) is 9.34. The molecule has 0 spiro atoms. The van der Waals surface area contributed by atoms with E-state index in [1.807, 2.05) is 80.6 Å². The van der Waals surface area contributed by atoms with Gasteiger partial charge in [0.1, 0.15) is 11.8 Å². The Hall–Kier alpha value is -4.02. The van der Waals surface area contributed by atoms with Crippen LogP contribution in [0.4, 0.5) is 10.5 Å². The van der Waals surface area contributed by atoms with Crippen molar-refractivity contribution >= 4 is 35.3 Å². The number of carbonyl (C=O) groups is 3. The molecule has 9 nitrogen and oxygen atoms in total. The van der Waals surface area contributed by atoms with E-state index in [1.54, 1.807) is 12.0 Å². The first-order valence-electron chi connectivity index (χ1n) is 13.1. The molecule has 0 saturated heterocycles. The Morgan fingerprint density at radius 2 is 1.82 bits per heavy atom. The van der Waals surface area contributed by atoms with Crippen molar-refractivity contribution in [3.63, 3.8) is 0 Å². The molecule has 1 aliphatic heterocycles. The van der Waals surface area contributed by atoms with Crippen molar-refractivity contribution in [1.82, 2.24) is 10.6 Å². The van der Waals surface area contributed by atoms with Gasteiger partial charge in [-0.05, 0) is 46.4 Å². The van der Waals surface area contributed by atoms with E-state index in [-0.39, 0.29) is 17.7 Å². The normalized spacial score (nSPS) is 15.7. The minimum atomic E-state index is -0.732. The van der Waals surface area contributed by atoms with E-state index < -0.39 is 18.1 Å². The molecule has 3 aromatic rings. The van der Waals surface area contributed by atoms with Gasteiger partial charge in [0.15, 0.2) is 0 Å². The zero-order valence-corrected chi connectivity index (χ0v) is 23.7. The SMILES string of the molecule is COc1ccc2c(c1)SC[C@@H](NC(=O)C(N)C(C)C)C(=O)N2Cc1ccc(-c2ccccc2CNC(N)=O)cc1. The Balaban J connectivity index is 1.61. The Bertz CT molecular complexity index is 1380. The summed E-state index contributed by atoms with van der Waals surface area (Å²) in [7, 11) is 1.60. The third kappa shape index (κ3) is 6.75. The number of amides is 4. The molecule has 40 heavy (non-hydrogen) atoms. The number of hydrogen-bond donors (Lipinski definition) is 4. The summed E-state index contributed by atoms with van der Waals surface area (Å²) >= 11 is 1.50. The van der Waals surface area contributed by atoms with Gasteiger partial charge in [-0.2, -0.15) is 0 Å². The third-order valence-electron chi connectivity index (χ3n) is 6.84. The van der Waals surface area contributed by atoms with Gasteiger partial charge in [-0.15, -0.1) is 11.8 Å². The molecule has 0 saturated carbocycles. The van der Waals surface area contributed by atoms with Crippen molar-refractivity contribution in [3.8, 4) is 16.9 Å². The fourth-order valence-corrected chi connectivity index (χ4v) is 5.56. The summed E-state index contributed by atoms with van der Waals surface area (Å²) < 4.78 is 5.41. The fraction of sp³-hybridized carbons (Fsp3) is 0.300. The number of nitrogens with one attached hydrogen (secondary N) is 2. The van der Waals surface area contributed by atoms with E-state index >= 15 is 0 Å². The van der Waals surface area contributed by atoms with Gasteiger partial charge in [-0.25, -0.2) is 4.79 Å². The smallest absolute Gasteiger partial charge is 0.312 e. The van der Waals surface area contributed by atoms with Crippen molar-refractivity contribution in [1.29, 1.82) is 0 Å². The fourth-order valence-electron chi connectivity index (χ4n) is 4.46. The number of nitrogens with zero attached hydrogens (tertiary/aromatic N) is 1. The van der Waals surface area contributed by atoms with Gasteiger partial charge < -0.3 is 31.7 Å². The van der Waals surface area contributed by atoms with Crippen LogP contribution in [-0.4, -0.2) is 42.8 Å². The summed E-state index contributed by atoms with van der Waals surface area (Å²) in [5, 5.41) is 5.52. The number of thioether (sulfide) groups is 1. The summed E-state index contributed by atoms with van der Waals surface area (Å²) in [5.74, 6) is 0.471. The van der Waals surface area contributed by atoms with Crippen molar-refractivity contribution in [2.24, 2.45) is 17.4 Å². The number of methoxy groups -OCH3 is 1. The average Bonchev–Trinajstić information content (AvgIpc) is 3.08. The summed E-state index contributed by atoms with van der Waals surface area (Å²) in [6.07, 6.45) is 0. The maximum atomic E-state index is 13.8. The van der Waals surface area contributed by atoms with Gasteiger partial charge in [0.05, 0.1) is 25.4 Å². The van der Waals surface area contributed by atoms with Gasteiger partial charge in [0, 0.05) is 17.2 Å². The molecule has 4 amide bonds. The highest BCUT2D eigenvalue weighted by Crippen LogP contribution is 2.38. The molecule has 4 rings (SSSR count). The van der Waals surface area contributed by atoms with E-state index in [9.17, 15) is 14.4 Å². The van der Waals surface area contributed by atoms with Crippen molar-refractivity contribution in [2.75, 3.05) is 17.8 Å². The second-order valence-electron chi connectivity index (χ2n) is 9.97. The Morgan fingerprint density at radius 1 is 1.10 bits per heavy atom. The molecular formula is C30H35N5O4S. The van der Waals surface area contributed by atoms with E-state index in [1.165, 1.54) is 11.8 Å². The number of hydrogen-bond acceptors (Lipinski definition) is 6. The van der Waals surface area contributed by atoms with Crippen LogP contribution in [-0.2, 0) is 22.7 Å². The second-order valence-corrected chi connectivity index (χ2v) is 11.0. The highest BCUT2D eigenvalue weighted by molar-refractivity contribution is 7.99. The van der Waals surface area contributed by atoms with E-state index in [2.05, 4.69) is 10.6 Å². The van der Waals surface area contributed by atoms with Gasteiger partial charge in [-0.3, -0.25) is 9.59 Å². The largest absolute Gasteiger partial charge is 0.497 e. The maximum absolute atomic E-state index is 13.8. The number of nitrogens with two attached hydrogens (primary N) is 2. The molecule has 0 bridgehead atoms. The molecule has 6 N–H and O–H groups in total. The zero-order valence-electron chi connectivity index (χ0n) is 22.8. The van der Waals surface area contributed by atoms with Crippen LogP contribution in [0.1, 0.15) is 25.0 Å². The molecule has 210 valence electrons. The van der Waals surface area contributed by atoms with Crippen LogP contribution in [0, 0.1) is 5.92 Å². The topological polar surface area (TPSA) is 140 Å². The van der Waals surface area contributed by atoms with Crippen LogP contribution in [0.2, 0.25) is 0 Å². The summed E-state index contributed by atoms with van der Waals surface area (Å²) in [5.41, 5.74) is 15.9. The molecule has 1 aliphatic rings. The number of urea groups is 1. The molecule has 10 heteroatoms. The van der Waals surface area contributed by atoms with Crippen LogP contribution < -0.4 is 31.7 Å². The first-order chi connectivity index (χ1) is 19.2. The second kappa shape index (κ2) is 12.9. The lowest BCUT2D eigenvalue weighted by Crippen LogP contribution is -2.54. The van der Waals surface area contributed by atoms with Gasteiger partial charge in [0.25, 0.3) is 5.91 Å². The lowest BCUT2D eigenvalue weighted by atomic mass is 9.98. The average molecular weight is 562 g/mol. The summed E-state index contributed by atoms with van der Waals surface area (Å²) in [6, 6.07) is 19.3. The first kappa shape index (κ1) is 29.0. The molecule has 0 aromatic heterocycles. The molecule has 2 atom stereocenters. The van der Waals surface area contributed by atoms with E-state index in [4.69, 9.17) is 16.2 Å². The molecule has 0 fully saturated rings. The predicted molar refractivity (Wildman–Crippen MR) is 158 cm³/mol. The number of benzene rings is 3. The molecule has 0 aliphatic carbocycles. The van der Waals surface area contributed by atoms with Crippen molar-refractivity contribution in [2.45, 2.75) is 43.9 Å². The third-order valence-corrected chi connectivity index (χ3v) is 7.98. The molecular weight excluding hydrogens is 526 g/mol. The molecule has 3 aromatic carbocycles. The Labute approximate surface area is 238 Å². The van der Waals surface area contributed by atoms with Crippen LogP contribution in [0.5, 0.6) is 5.75 Å². The Morgan fingerprint density at radius 3 is 2.50 bits per heavy atom. The monoisotopic (exact) mass is 561 g/mol. The highest BCUT2D eigenvalue weighted by atomic mass is 32.2. The number of anilines is 1. The van der Waals surface area contributed by atoms with Crippen LogP contribution in [0.15, 0.2) is 71.6 Å². The van der Waals surface area contributed by atoms with Gasteiger partial charge in [-0.1, -0.05) is 62.4 Å². The number of primary amides is 1. The number of carbonyl (C=O) groups excluding carboxylic acids is 3. The van der Waals surface area contributed by atoms with Crippen LogP contribution in [0.25, 0.3) is 11.1 Å². The van der Waals surface area contributed by atoms with Crippen LogP contribution in [0.3, 0.4) is 0 Å². The zero-order chi connectivity index (χ0) is 28.8. The highest BCUT2D eigenvalue weighted by Gasteiger charge is 2.33. The van der Waals surface area contributed by atoms with E-state index in [0.29, 0.717) is 24.6 Å². The predicted octanol–water partition coefficient (Wildman–Crippen LogP) is 3.64. The number of ether oxygens (including phenoxy) is 1. The van der Waals surface area contributed by atoms with Crippen molar-refractivity contribution < 1.29 is 19.1 Å². The maximum Gasteiger partial charge on any atom is 0.312 e. The molecule has 1 unspecified atom stereocenters. The standard InChI is InChI=1S/C30H35N5O4S/c1-18(2)27(31)28(36)34-24-17-40-26-14-22(39-3)12-13-25(26)35(29(24)37)16-19-8-10-20(11-9-19)23-7-5-4-6-21(23)15-33-30(32)38/h4-14,18,24,27H,15-17,31H2,1-3H3,(H,34,36)(H3,32,33,38)/t24-,27?/m1/s1. The minimum absolute atomic E-state index is 0.0543. The van der Waals surface area contributed by atoms with Crippen molar-refractivity contribution in [3.05, 3.63) is 77.9 Å². The summed E-state index contributed by atoms with van der Waals surface area (Å²) in [4.78, 5) is 40.4. The number of rotatable bonds is 9. The quantitative estimate of drug-likeness (QED) is 0.315. The lowest BCUT2D eigenvalue weighted by Gasteiger charge is -2.27.